The van der Waals surface area contributed by atoms with Gasteiger partial charge in [0.15, 0.2) is 11.6 Å². The number of rotatable bonds is 5. The first-order valence-electron chi connectivity index (χ1n) is 9.77. The van der Waals surface area contributed by atoms with Gasteiger partial charge in [-0.1, -0.05) is 6.92 Å². The molecule has 0 saturated heterocycles. The Hall–Kier alpha value is -2.62. The van der Waals surface area contributed by atoms with Gasteiger partial charge in [0.05, 0.1) is 5.69 Å². The number of nitrogens with two attached hydrogens (primary N) is 1. The zero-order valence-electron chi connectivity index (χ0n) is 17.0. The monoisotopic (exact) mass is 444 g/mol. The van der Waals surface area contributed by atoms with Gasteiger partial charge >= 0.3 is 6.18 Å². The van der Waals surface area contributed by atoms with E-state index in [-0.39, 0.29) is 23.8 Å². The Morgan fingerprint density at radius 2 is 1.81 bits per heavy atom. The molecule has 168 valence electrons. The number of aromatic nitrogens is 2. The van der Waals surface area contributed by atoms with Crippen LogP contribution in [0.5, 0.6) is 0 Å². The van der Waals surface area contributed by atoms with E-state index in [4.69, 9.17) is 5.73 Å². The molecule has 0 bridgehead atoms. The summed E-state index contributed by atoms with van der Waals surface area (Å²) in [6, 6.07) is 1.17. The molecule has 4 nitrogen and oxygen atoms in total. The van der Waals surface area contributed by atoms with E-state index >= 15 is 0 Å². The van der Waals surface area contributed by atoms with Gasteiger partial charge in [-0.3, -0.25) is 4.90 Å². The molecule has 1 aliphatic rings. The molecule has 0 spiro atoms. The third-order valence-electron chi connectivity index (χ3n) is 5.51. The van der Waals surface area contributed by atoms with Crippen LogP contribution in [0.2, 0.25) is 0 Å². The summed E-state index contributed by atoms with van der Waals surface area (Å²) in [6.45, 7) is 4.20. The summed E-state index contributed by atoms with van der Waals surface area (Å²) >= 11 is 0. The highest BCUT2D eigenvalue weighted by molar-refractivity contribution is 5.69. The fourth-order valence-electron chi connectivity index (χ4n) is 3.79. The maximum atomic E-state index is 14.2. The summed E-state index contributed by atoms with van der Waals surface area (Å²) < 4.78 is 79.9. The maximum Gasteiger partial charge on any atom is 0.451 e. The third kappa shape index (κ3) is 5.00. The van der Waals surface area contributed by atoms with Crippen molar-refractivity contribution in [3.63, 3.8) is 0 Å². The minimum Gasteiger partial charge on any atom is -0.402 e. The maximum absolute atomic E-state index is 14.2. The quantitative estimate of drug-likeness (QED) is 0.523. The van der Waals surface area contributed by atoms with Crippen LogP contribution in [0.25, 0.3) is 5.57 Å². The highest BCUT2D eigenvalue weighted by Gasteiger charge is 2.35. The molecule has 31 heavy (non-hydrogen) atoms. The van der Waals surface area contributed by atoms with Crippen LogP contribution in [-0.4, -0.2) is 27.5 Å². The minimum absolute atomic E-state index is 0.0700. The zero-order valence-corrected chi connectivity index (χ0v) is 17.0. The predicted octanol–water partition coefficient (Wildman–Crippen LogP) is 4.97. The molecule has 0 saturated carbocycles. The van der Waals surface area contributed by atoms with Crippen LogP contribution < -0.4 is 5.73 Å². The third-order valence-corrected chi connectivity index (χ3v) is 5.51. The summed E-state index contributed by atoms with van der Waals surface area (Å²) in [5.74, 6) is -4.51. The van der Waals surface area contributed by atoms with Crippen LogP contribution in [0, 0.1) is 24.4 Å². The number of aryl methyl sites for hydroxylation is 1. The first kappa shape index (κ1) is 23.1. The number of alkyl halides is 3. The van der Waals surface area contributed by atoms with Crippen molar-refractivity contribution < 1.29 is 26.3 Å². The van der Waals surface area contributed by atoms with Crippen molar-refractivity contribution in [3.05, 3.63) is 64.1 Å². The van der Waals surface area contributed by atoms with Gasteiger partial charge in [-0.2, -0.15) is 13.2 Å². The Kier molecular flexibility index (Phi) is 6.59. The molecule has 0 aliphatic heterocycles. The average molecular weight is 444 g/mol. The van der Waals surface area contributed by atoms with E-state index < -0.39 is 29.5 Å². The van der Waals surface area contributed by atoms with Gasteiger partial charge in [-0.15, -0.1) is 0 Å². The van der Waals surface area contributed by atoms with Gasteiger partial charge in [-0.25, -0.2) is 23.1 Å². The minimum atomic E-state index is -4.64. The number of benzene rings is 1. The van der Waals surface area contributed by atoms with E-state index in [1.165, 1.54) is 0 Å². The normalized spacial score (nSPS) is 17.5. The fourth-order valence-corrected chi connectivity index (χ4v) is 3.79. The van der Waals surface area contributed by atoms with E-state index in [0.717, 1.165) is 12.3 Å². The number of allylic oxidation sites excluding steroid dienone is 1. The molecule has 1 aromatic carbocycles. The van der Waals surface area contributed by atoms with Crippen molar-refractivity contribution in [2.45, 2.75) is 51.9 Å². The lowest BCUT2D eigenvalue weighted by atomic mass is 9.87. The molecule has 2 N–H and O–H groups in total. The molecule has 1 atom stereocenters. The van der Waals surface area contributed by atoms with Gasteiger partial charge in [-0.05, 0) is 43.5 Å². The van der Waals surface area contributed by atoms with Crippen molar-refractivity contribution in [3.8, 4) is 0 Å². The zero-order chi connectivity index (χ0) is 22.9. The molecule has 10 heteroatoms. The Morgan fingerprint density at radius 1 is 1.13 bits per heavy atom. The predicted molar refractivity (Wildman–Crippen MR) is 103 cm³/mol. The van der Waals surface area contributed by atoms with Crippen LogP contribution in [-0.2, 0) is 12.7 Å². The lowest BCUT2D eigenvalue weighted by Crippen LogP contribution is -2.38. The number of nitrogens with zero attached hydrogens (tertiary/aromatic N) is 3. The Morgan fingerprint density at radius 3 is 2.42 bits per heavy atom. The SMILES string of the molecule is CCN(Cc1nc(C(F)(F)F)ncc1C)C1CCC(c2cc(F)c(F)cc2F)=C(N)C1. The van der Waals surface area contributed by atoms with Crippen molar-refractivity contribution in [1.82, 2.24) is 14.9 Å². The Labute approximate surface area is 175 Å². The van der Waals surface area contributed by atoms with E-state index in [1.807, 2.05) is 11.8 Å². The van der Waals surface area contributed by atoms with Gasteiger partial charge in [0.2, 0.25) is 5.82 Å². The highest BCUT2D eigenvalue weighted by Crippen LogP contribution is 2.35. The van der Waals surface area contributed by atoms with Crippen molar-refractivity contribution in [2.75, 3.05) is 6.54 Å². The van der Waals surface area contributed by atoms with Crippen LogP contribution >= 0.6 is 0 Å². The fraction of sp³-hybridized carbons (Fsp3) is 0.429. The van der Waals surface area contributed by atoms with E-state index in [2.05, 4.69) is 9.97 Å². The lowest BCUT2D eigenvalue weighted by Gasteiger charge is -2.35. The molecule has 1 heterocycles. The molecular weight excluding hydrogens is 422 g/mol. The standard InChI is InChI=1S/C21H22F6N4/c1-3-31(10-19-11(2)9-29-20(30-19)21(25,26)27)12-4-5-13(18(28)6-12)14-7-16(23)17(24)8-15(14)22/h7-9,12H,3-6,10,28H2,1-2H3. The smallest absolute Gasteiger partial charge is 0.402 e. The van der Waals surface area contributed by atoms with Gasteiger partial charge in [0.1, 0.15) is 5.82 Å². The van der Waals surface area contributed by atoms with Crippen LogP contribution in [0.4, 0.5) is 26.3 Å². The molecular formula is C21H22F6N4. The second kappa shape index (κ2) is 8.86. The average Bonchev–Trinajstić information content (AvgIpc) is 2.69. The molecule has 2 aromatic rings. The molecule has 1 aromatic heterocycles. The van der Waals surface area contributed by atoms with Crippen molar-refractivity contribution in [2.24, 2.45) is 5.73 Å². The van der Waals surface area contributed by atoms with Crippen LogP contribution in [0.1, 0.15) is 48.8 Å². The first-order valence-corrected chi connectivity index (χ1v) is 9.77. The van der Waals surface area contributed by atoms with E-state index in [0.29, 0.717) is 48.7 Å². The van der Waals surface area contributed by atoms with Gasteiger partial charge < -0.3 is 5.73 Å². The Balaban J connectivity index is 1.82. The van der Waals surface area contributed by atoms with Crippen LogP contribution in [0.3, 0.4) is 0 Å². The summed E-state index contributed by atoms with van der Waals surface area (Å²) in [5.41, 5.74) is 7.65. The Bertz CT molecular complexity index is 1000. The number of halogens is 6. The second-order valence-electron chi connectivity index (χ2n) is 7.53. The topological polar surface area (TPSA) is 55.0 Å². The lowest BCUT2D eigenvalue weighted by molar-refractivity contribution is -0.145. The van der Waals surface area contributed by atoms with Gasteiger partial charge in [0.25, 0.3) is 0 Å². The molecule has 1 unspecified atom stereocenters. The summed E-state index contributed by atoms with van der Waals surface area (Å²) in [7, 11) is 0. The van der Waals surface area contributed by atoms with Crippen molar-refractivity contribution >= 4 is 5.57 Å². The largest absolute Gasteiger partial charge is 0.451 e. The summed E-state index contributed by atoms with van der Waals surface area (Å²) in [6.07, 6.45) is -2.32. The first-order chi connectivity index (χ1) is 14.5. The van der Waals surface area contributed by atoms with Crippen LogP contribution in [0.15, 0.2) is 24.0 Å². The summed E-state index contributed by atoms with van der Waals surface area (Å²) in [4.78, 5) is 8.99. The molecule has 0 amide bonds. The molecule has 0 fully saturated rings. The van der Waals surface area contributed by atoms with Crippen molar-refractivity contribution in [1.29, 1.82) is 0 Å². The van der Waals surface area contributed by atoms with Gasteiger partial charge in [0, 0.05) is 42.5 Å². The van der Waals surface area contributed by atoms with E-state index in [1.54, 1.807) is 6.92 Å². The molecule has 1 aliphatic carbocycles. The van der Waals surface area contributed by atoms with E-state index in [9.17, 15) is 26.3 Å². The number of hydrogen-bond acceptors (Lipinski definition) is 4. The summed E-state index contributed by atoms with van der Waals surface area (Å²) in [5, 5.41) is 0. The molecule has 0 radical (unpaired) electrons. The highest BCUT2D eigenvalue weighted by atomic mass is 19.4. The molecule has 3 rings (SSSR count). The second-order valence-corrected chi connectivity index (χ2v) is 7.53. The number of hydrogen-bond donors (Lipinski definition) is 1.